The van der Waals surface area contributed by atoms with Gasteiger partial charge in [-0.1, -0.05) is 23.5 Å². The summed E-state index contributed by atoms with van der Waals surface area (Å²) in [5.41, 5.74) is 3.21. The summed E-state index contributed by atoms with van der Waals surface area (Å²) in [5, 5.41) is 7.77. The highest BCUT2D eigenvalue weighted by molar-refractivity contribution is 7.16. The summed E-state index contributed by atoms with van der Waals surface area (Å²) >= 11 is 1.44. The van der Waals surface area contributed by atoms with Crippen molar-refractivity contribution < 1.29 is 9.53 Å². The molecule has 7 heteroatoms. The highest BCUT2D eigenvalue weighted by Crippen LogP contribution is 2.40. The molecular weight excluding hydrogens is 324 g/mol. The van der Waals surface area contributed by atoms with Crippen molar-refractivity contribution >= 4 is 22.4 Å². The molecule has 0 unspecified atom stereocenters. The normalized spacial score (nSPS) is 12.2. The summed E-state index contributed by atoms with van der Waals surface area (Å²) in [7, 11) is 0. The Bertz CT molecular complexity index is 929. The number of benzene rings is 1. The Morgan fingerprint density at radius 3 is 3.08 bits per heavy atom. The van der Waals surface area contributed by atoms with Gasteiger partial charge < -0.3 is 4.74 Å². The molecule has 0 bridgehead atoms. The van der Waals surface area contributed by atoms with E-state index in [1.165, 1.54) is 11.3 Å². The molecule has 1 aliphatic rings. The van der Waals surface area contributed by atoms with Crippen LogP contribution in [0.15, 0.2) is 30.3 Å². The summed E-state index contributed by atoms with van der Waals surface area (Å²) in [6, 6.07) is 9.59. The molecule has 3 aromatic rings. The molecule has 6 nitrogen and oxygen atoms in total. The van der Waals surface area contributed by atoms with Crippen LogP contribution in [0.2, 0.25) is 0 Å². The van der Waals surface area contributed by atoms with Crippen molar-refractivity contribution in [2.75, 3.05) is 5.32 Å². The van der Waals surface area contributed by atoms with Gasteiger partial charge in [-0.3, -0.25) is 14.8 Å². The Balaban J connectivity index is 1.63. The van der Waals surface area contributed by atoms with E-state index in [0.717, 1.165) is 27.6 Å². The number of hydrogen-bond acceptors (Lipinski definition) is 5. The van der Waals surface area contributed by atoms with Gasteiger partial charge in [0, 0.05) is 12.1 Å². The zero-order valence-electron chi connectivity index (χ0n) is 13.4. The van der Waals surface area contributed by atoms with E-state index < -0.39 is 0 Å². The molecule has 3 heterocycles. The third-order valence-corrected chi connectivity index (χ3v) is 4.80. The Hall–Kier alpha value is -2.67. The first kappa shape index (κ1) is 14.9. The molecule has 1 amide bonds. The molecule has 0 spiro atoms. The Morgan fingerprint density at radius 2 is 2.25 bits per heavy atom. The lowest BCUT2D eigenvalue weighted by Crippen LogP contribution is -2.17. The highest BCUT2D eigenvalue weighted by Gasteiger charge is 2.23. The van der Waals surface area contributed by atoms with Gasteiger partial charge >= 0.3 is 0 Å². The van der Waals surface area contributed by atoms with Gasteiger partial charge in [0.05, 0.1) is 16.3 Å². The second kappa shape index (κ2) is 5.76. The number of amides is 1. The number of anilines is 1. The molecule has 122 valence electrons. The zero-order chi connectivity index (χ0) is 16.7. The first-order valence-corrected chi connectivity index (χ1v) is 8.55. The topological polar surface area (TPSA) is 69.0 Å². The maximum absolute atomic E-state index is 12.5. The van der Waals surface area contributed by atoms with Gasteiger partial charge in [-0.25, -0.2) is 4.98 Å². The summed E-state index contributed by atoms with van der Waals surface area (Å²) in [6.45, 7) is 4.96. The molecule has 0 saturated heterocycles. The minimum Gasteiger partial charge on any atom is -0.487 e. The molecule has 1 aromatic carbocycles. The fraction of sp³-hybridized carbons (Fsp3) is 0.235. The van der Waals surface area contributed by atoms with Crippen LogP contribution in [0.1, 0.15) is 28.0 Å². The van der Waals surface area contributed by atoms with Gasteiger partial charge in [-0.05, 0) is 32.0 Å². The second-order valence-electron chi connectivity index (χ2n) is 5.52. The van der Waals surface area contributed by atoms with Gasteiger partial charge in [0.25, 0.3) is 5.91 Å². The quantitative estimate of drug-likeness (QED) is 0.792. The maximum Gasteiger partial charge on any atom is 0.275 e. The molecule has 2 aromatic heterocycles. The Morgan fingerprint density at radius 1 is 1.42 bits per heavy atom. The lowest BCUT2D eigenvalue weighted by molar-refractivity contribution is 0.101. The molecule has 4 rings (SSSR count). The van der Waals surface area contributed by atoms with Gasteiger partial charge in [-0.2, -0.15) is 5.10 Å². The van der Waals surface area contributed by atoms with Crippen molar-refractivity contribution in [2.24, 2.45) is 0 Å². The monoisotopic (exact) mass is 340 g/mol. The third-order valence-electron chi connectivity index (χ3n) is 3.85. The van der Waals surface area contributed by atoms with Crippen molar-refractivity contribution in [3.8, 4) is 17.0 Å². The van der Waals surface area contributed by atoms with Crippen LogP contribution in [0.5, 0.6) is 5.75 Å². The van der Waals surface area contributed by atoms with Crippen LogP contribution in [0.25, 0.3) is 11.3 Å². The van der Waals surface area contributed by atoms with E-state index in [0.29, 0.717) is 24.0 Å². The second-order valence-corrected chi connectivity index (χ2v) is 6.60. The summed E-state index contributed by atoms with van der Waals surface area (Å²) < 4.78 is 7.43. The number of rotatable bonds is 3. The molecule has 0 aliphatic carbocycles. The largest absolute Gasteiger partial charge is 0.487 e. The number of hydrogen-bond donors (Lipinski definition) is 1. The highest BCUT2D eigenvalue weighted by atomic mass is 32.1. The van der Waals surface area contributed by atoms with E-state index in [1.807, 2.05) is 38.1 Å². The predicted octanol–water partition coefficient (Wildman–Crippen LogP) is 3.48. The van der Waals surface area contributed by atoms with E-state index in [2.05, 4.69) is 15.4 Å². The molecular formula is C17H16N4O2S. The first-order chi connectivity index (χ1) is 11.7. The van der Waals surface area contributed by atoms with Crippen molar-refractivity contribution in [1.82, 2.24) is 14.8 Å². The van der Waals surface area contributed by atoms with Crippen LogP contribution >= 0.6 is 11.3 Å². The molecule has 0 saturated carbocycles. The maximum atomic E-state index is 12.5. The number of ether oxygens (including phenoxy) is 1. The van der Waals surface area contributed by atoms with Crippen LogP contribution < -0.4 is 10.1 Å². The number of thiazole rings is 1. The zero-order valence-corrected chi connectivity index (χ0v) is 14.2. The number of para-hydroxylation sites is 1. The third kappa shape index (κ3) is 2.46. The first-order valence-electron chi connectivity index (χ1n) is 7.73. The van der Waals surface area contributed by atoms with Crippen LogP contribution in [0.4, 0.5) is 5.13 Å². The number of carbonyl (C=O) groups excluding carboxylic acids is 1. The summed E-state index contributed by atoms with van der Waals surface area (Å²) in [6.07, 6.45) is 0. The number of carbonyl (C=O) groups is 1. The van der Waals surface area contributed by atoms with Crippen molar-refractivity contribution in [2.45, 2.75) is 27.0 Å². The average molecular weight is 340 g/mol. The molecule has 24 heavy (non-hydrogen) atoms. The van der Waals surface area contributed by atoms with E-state index >= 15 is 0 Å². The van der Waals surface area contributed by atoms with Crippen LogP contribution in [-0.4, -0.2) is 20.7 Å². The van der Waals surface area contributed by atoms with Crippen LogP contribution in [-0.2, 0) is 13.2 Å². The predicted molar refractivity (Wildman–Crippen MR) is 92.5 cm³/mol. The fourth-order valence-electron chi connectivity index (χ4n) is 2.78. The Labute approximate surface area is 143 Å². The number of nitrogens with zero attached hydrogens (tertiary/aromatic N) is 3. The van der Waals surface area contributed by atoms with Crippen LogP contribution in [0, 0.1) is 6.92 Å². The smallest absolute Gasteiger partial charge is 0.275 e. The van der Waals surface area contributed by atoms with Gasteiger partial charge in [0.2, 0.25) is 0 Å². The Kier molecular flexibility index (Phi) is 3.57. The molecule has 1 N–H and O–H groups in total. The van der Waals surface area contributed by atoms with E-state index in [9.17, 15) is 4.79 Å². The molecule has 0 atom stereocenters. The van der Waals surface area contributed by atoms with Crippen molar-refractivity contribution in [1.29, 1.82) is 0 Å². The average Bonchev–Trinajstić information content (AvgIpc) is 3.17. The number of aryl methyl sites for hydroxylation is 2. The molecule has 0 radical (unpaired) electrons. The minimum atomic E-state index is -0.197. The number of aromatic nitrogens is 3. The number of fused-ring (bicyclic) bond motifs is 3. The molecule has 0 fully saturated rings. The van der Waals surface area contributed by atoms with E-state index in [4.69, 9.17) is 4.74 Å². The lowest BCUT2D eigenvalue weighted by Gasteiger charge is -2.15. The van der Waals surface area contributed by atoms with Crippen molar-refractivity contribution in [3.05, 3.63) is 46.6 Å². The summed E-state index contributed by atoms with van der Waals surface area (Å²) in [4.78, 5) is 18.1. The molecule has 1 aliphatic heterocycles. The van der Waals surface area contributed by atoms with E-state index in [1.54, 1.807) is 10.7 Å². The fourth-order valence-corrected chi connectivity index (χ4v) is 3.66. The standard InChI is InChI=1S/C17H16N4O2S/c1-3-21-12(8-10(2)20-21)16(22)19-17-18-15-11-6-4-5-7-13(11)23-9-14(15)24-17/h4-8H,3,9H2,1-2H3,(H,18,19,22). The SMILES string of the molecule is CCn1nc(C)cc1C(=O)Nc1nc2c(s1)COc1ccccc1-2. The van der Waals surface area contributed by atoms with E-state index in [-0.39, 0.29) is 5.91 Å². The summed E-state index contributed by atoms with van der Waals surface area (Å²) in [5.74, 6) is 0.630. The van der Waals surface area contributed by atoms with Gasteiger partial charge in [0.1, 0.15) is 18.1 Å². The van der Waals surface area contributed by atoms with Gasteiger partial charge in [-0.15, -0.1) is 0 Å². The van der Waals surface area contributed by atoms with Crippen molar-refractivity contribution in [3.63, 3.8) is 0 Å². The van der Waals surface area contributed by atoms with Crippen LogP contribution in [0.3, 0.4) is 0 Å². The number of nitrogens with one attached hydrogen (secondary N) is 1. The van der Waals surface area contributed by atoms with Gasteiger partial charge in [0.15, 0.2) is 5.13 Å². The minimum absolute atomic E-state index is 0.197. The lowest BCUT2D eigenvalue weighted by atomic mass is 10.1.